The Morgan fingerprint density at radius 2 is 1.88 bits per heavy atom. The van der Waals surface area contributed by atoms with E-state index in [4.69, 9.17) is 0 Å². The lowest BCUT2D eigenvalue weighted by Gasteiger charge is -2.21. The number of nitro benzene ring substituents is 1. The van der Waals surface area contributed by atoms with E-state index in [1.807, 2.05) is 19.9 Å². The van der Waals surface area contributed by atoms with E-state index in [0.29, 0.717) is 16.5 Å². The topological polar surface area (TPSA) is 152 Å². The van der Waals surface area contributed by atoms with Gasteiger partial charge in [-0.05, 0) is 30.2 Å². The van der Waals surface area contributed by atoms with Crippen LogP contribution in [0.25, 0.3) is 0 Å². The van der Waals surface area contributed by atoms with E-state index in [1.54, 1.807) is 35.9 Å². The van der Waals surface area contributed by atoms with Crippen LogP contribution in [-0.2, 0) is 11.8 Å². The number of carbonyl (C=O) groups is 2. The van der Waals surface area contributed by atoms with Crippen LogP contribution in [0, 0.1) is 16.0 Å². The van der Waals surface area contributed by atoms with Crippen LogP contribution in [0.4, 0.5) is 11.4 Å². The summed E-state index contributed by atoms with van der Waals surface area (Å²) in [6.07, 6.45) is 0. The van der Waals surface area contributed by atoms with Crippen LogP contribution >= 0.6 is 11.8 Å². The Kier molecular flexibility index (Phi) is 7.84. The maximum absolute atomic E-state index is 12.6. The van der Waals surface area contributed by atoms with E-state index in [-0.39, 0.29) is 23.3 Å². The molecule has 3 aromatic rings. The van der Waals surface area contributed by atoms with E-state index in [1.165, 1.54) is 6.07 Å². The van der Waals surface area contributed by atoms with Crippen molar-refractivity contribution in [3.63, 3.8) is 0 Å². The molecule has 0 spiro atoms. The molecule has 12 heteroatoms. The van der Waals surface area contributed by atoms with Gasteiger partial charge in [0, 0.05) is 24.4 Å². The van der Waals surface area contributed by atoms with Crippen molar-refractivity contribution < 1.29 is 19.6 Å². The second-order valence-corrected chi connectivity index (χ2v) is 8.70. The van der Waals surface area contributed by atoms with Gasteiger partial charge < -0.3 is 20.3 Å². The minimum atomic E-state index is -0.734. The van der Waals surface area contributed by atoms with Gasteiger partial charge in [0.15, 0.2) is 16.7 Å². The molecule has 0 fully saturated rings. The summed E-state index contributed by atoms with van der Waals surface area (Å²) in [5, 5.41) is 34.9. The Morgan fingerprint density at radius 3 is 2.53 bits per heavy atom. The number of rotatable bonds is 9. The van der Waals surface area contributed by atoms with E-state index < -0.39 is 28.3 Å². The molecule has 3 rings (SSSR count). The Morgan fingerprint density at radius 1 is 1.18 bits per heavy atom. The fourth-order valence-corrected chi connectivity index (χ4v) is 3.86. The van der Waals surface area contributed by atoms with E-state index in [0.717, 1.165) is 23.9 Å². The molecule has 0 saturated heterocycles. The van der Waals surface area contributed by atoms with Gasteiger partial charge in [-0.1, -0.05) is 43.8 Å². The summed E-state index contributed by atoms with van der Waals surface area (Å²) < 4.78 is 1.72. The smallest absolute Gasteiger partial charge is 0.312 e. The molecule has 0 bridgehead atoms. The largest absolute Gasteiger partial charge is 0.502 e. The second kappa shape index (κ2) is 10.8. The average Bonchev–Trinajstić information content (AvgIpc) is 3.17. The van der Waals surface area contributed by atoms with Crippen LogP contribution in [-0.4, -0.2) is 42.4 Å². The number of anilines is 1. The number of hydrogen-bond acceptors (Lipinski definition) is 8. The number of hydrogen-bond donors (Lipinski definition) is 3. The van der Waals surface area contributed by atoms with Gasteiger partial charge in [-0.15, -0.1) is 10.2 Å². The van der Waals surface area contributed by atoms with Gasteiger partial charge in [-0.2, -0.15) is 0 Å². The molecule has 178 valence electrons. The van der Waals surface area contributed by atoms with Crippen LogP contribution in [0.3, 0.4) is 0 Å². The van der Waals surface area contributed by atoms with Crippen LogP contribution in [0.5, 0.6) is 5.75 Å². The quantitative estimate of drug-likeness (QED) is 0.181. The van der Waals surface area contributed by atoms with Crippen molar-refractivity contribution in [2.45, 2.75) is 25.0 Å². The van der Waals surface area contributed by atoms with Gasteiger partial charge in [-0.3, -0.25) is 19.7 Å². The third-order valence-electron chi connectivity index (χ3n) is 4.92. The van der Waals surface area contributed by atoms with Crippen molar-refractivity contribution in [2.24, 2.45) is 13.0 Å². The summed E-state index contributed by atoms with van der Waals surface area (Å²) in [4.78, 5) is 35.2. The van der Waals surface area contributed by atoms with Gasteiger partial charge in [0.1, 0.15) is 0 Å². The highest BCUT2D eigenvalue weighted by Gasteiger charge is 2.25. The lowest BCUT2D eigenvalue weighted by molar-refractivity contribution is -0.385. The minimum absolute atomic E-state index is 0.0244. The molecule has 0 radical (unpaired) electrons. The van der Waals surface area contributed by atoms with Gasteiger partial charge in [0.05, 0.1) is 16.7 Å². The number of aromatic hydroxyl groups is 1. The normalized spacial score (nSPS) is 11.8. The molecule has 2 aromatic carbocycles. The number of phenols is 1. The van der Waals surface area contributed by atoms with Crippen molar-refractivity contribution in [3.8, 4) is 5.75 Å². The maximum atomic E-state index is 12.6. The highest BCUT2D eigenvalue weighted by atomic mass is 32.2. The predicted molar refractivity (Wildman–Crippen MR) is 127 cm³/mol. The van der Waals surface area contributed by atoms with Gasteiger partial charge in [0.2, 0.25) is 5.91 Å². The lowest BCUT2D eigenvalue weighted by atomic mass is 10.0. The fraction of sp³-hybridized carbons (Fsp3) is 0.273. The monoisotopic (exact) mass is 484 g/mol. The highest BCUT2D eigenvalue weighted by Crippen LogP contribution is 2.29. The van der Waals surface area contributed by atoms with Gasteiger partial charge in [-0.25, -0.2) is 0 Å². The molecule has 2 amide bonds. The van der Waals surface area contributed by atoms with Crippen molar-refractivity contribution in [1.29, 1.82) is 0 Å². The number of phenolic OH excluding ortho intramolecular Hbond substituents is 1. The number of nitrogens with one attached hydrogen (secondary N) is 2. The zero-order chi connectivity index (χ0) is 24.8. The average molecular weight is 485 g/mol. The summed E-state index contributed by atoms with van der Waals surface area (Å²) in [5.41, 5.74) is 0.231. The zero-order valence-corrected chi connectivity index (χ0v) is 19.6. The van der Waals surface area contributed by atoms with Crippen LogP contribution in [0.1, 0.15) is 36.1 Å². The first-order valence-electron chi connectivity index (χ1n) is 10.3. The zero-order valence-electron chi connectivity index (χ0n) is 18.8. The molecule has 0 unspecified atom stereocenters. The second-order valence-electron chi connectivity index (χ2n) is 7.76. The van der Waals surface area contributed by atoms with E-state index in [2.05, 4.69) is 20.8 Å². The molecule has 0 saturated carbocycles. The number of amides is 2. The molecule has 1 atom stereocenters. The molecule has 0 aliphatic rings. The van der Waals surface area contributed by atoms with E-state index in [9.17, 15) is 24.8 Å². The maximum Gasteiger partial charge on any atom is 0.312 e. The van der Waals surface area contributed by atoms with E-state index >= 15 is 0 Å². The van der Waals surface area contributed by atoms with Crippen molar-refractivity contribution in [1.82, 2.24) is 20.1 Å². The molecule has 34 heavy (non-hydrogen) atoms. The number of nitro groups is 1. The first-order chi connectivity index (χ1) is 16.2. The Labute approximate surface area is 199 Å². The number of carbonyl (C=O) groups excluding carboxylic acids is 2. The third kappa shape index (κ3) is 5.90. The number of nitrogens with zero attached hydrogens (tertiary/aromatic N) is 4. The SMILES string of the molecule is CC(C)[C@H](NC(=O)c1ccccc1)c1nnc(SCC(=O)Nc2ccc(O)c([N+](=O)[O-])c2)n1C. The first kappa shape index (κ1) is 24.7. The first-order valence-corrected chi connectivity index (χ1v) is 11.3. The molecular formula is C22H24N6O5S. The summed E-state index contributed by atoms with van der Waals surface area (Å²) >= 11 is 1.13. The summed E-state index contributed by atoms with van der Waals surface area (Å²) in [6, 6.07) is 12.1. The van der Waals surface area contributed by atoms with Crippen LogP contribution in [0.2, 0.25) is 0 Å². The van der Waals surface area contributed by atoms with Crippen molar-refractivity contribution in [2.75, 3.05) is 11.1 Å². The number of benzene rings is 2. The molecule has 1 heterocycles. The van der Waals surface area contributed by atoms with Gasteiger partial charge >= 0.3 is 5.69 Å². The Balaban J connectivity index is 1.66. The molecule has 3 N–H and O–H groups in total. The summed E-state index contributed by atoms with van der Waals surface area (Å²) in [5.74, 6) is -0.559. The summed E-state index contributed by atoms with van der Waals surface area (Å²) in [6.45, 7) is 3.92. The predicted octanol–water partition coefficient (Wildman–Crippen LogP) is 3.29. The van der Waals surface area contributed by atoms with Crippen molar-refractivity contribution in [3.05, 3.63) is 70.0 Å². The molecular weight excluding hydrogens is 460 g/mol. The molecule has 11 nitrogen and oxygen atoms in total. The fourth-order valence-electron chi connectivity index (χ4n) is 3.14. The molecule has 0 aliphatic heterocycles. The lowest BCUT2D eigenvalue weighted by Crippen LogP contribution is -2.33. The van der Waals surface area contributed by atoms with Crippen LogP contribution < -0.4 is 10.6 Å². The standard InChI is InChI=1S/C22H24N6O5S/c1-13(2)19(24-21(31)14-7-5-4-6-8-14)20-25-26-22(27(20)3)34-12-18(30)23-15-9-10-17(29)16(11-15)28(32)33/h4-11,13,19,29H,12H2,1-3H3,(H,23,30)(H,24,31)/t19-/m0/s1. The number of thioether (sulfide) groups is 1. The van der Waals surface area contributed by atoms with Crippen molar-refractivity contribution >= 4 is 35.0 Å². The highest BCUT2D eigenvalue weighted by molar-refractivity contribution is 7.99. The minimum Gasteiger partial charge on any atom is -0.502 e. The molecule has 1 aromatic heterocycles. The third-order valence-corrected chi connectivity index (χ3v) is 5.94. The Bertz CT molecular complexity index is 1200. The Hall–Kier alpha value is -3.93. The van der Waals surface area contributed by atoms with Crippen LogP contribution in [0.15, 0.2) is 53.7 Å². The molecule has 0 aliphatic carbocycles. The van der Waals surface area contributed by atoms with Gasteiger partial charge in [0.25, 0.3) is 5.91 Å². The summed E-state index contributed by atoms with van der Waals surface area (Å²) in [7, 11) is 1.75. The number of aromatic nitrogens is 3.